The third-order valence-electron chi connectivity index (χ3n) is 5.44. The zero-order valence-electron chi connectivity index (χ0n) is 18.0. The predicted molar refractivity (Wildman–Crippen MR) is 119 cm³/mol. The summed E-state index contributed by atoms with van der Waals surface area (Å²) in [6.07, 6.45) is -3.10. The second kappa shape index (κ2) is 7.98. The second-order valence-electron chi connectivity index (χ2n) is 7.67. The molecule has 0 aliphatic carbocycles. The van der Waals surface area contributed by atoms with Crippen molar-refractivity contribution in [3.63, 3.8) is 0 Å². The molecule has 0 amide bonds. The minimum absolute atomic E-state index is 0.0397. The molecule has 6 nitrogen and oxygen atoms in total. The Morgan fingerprint density at radius 2 is 1.76 bits per heavy atom. The average Bonchev–Trinajstić information content (AvgIpc) is 3.43. The molecule has 34 heavy (non-hydrogen) atoms. The standard InChI is InChI=1S/C24H17F4N5O/c1-29-16-10-19(24(26,27)28)21-20(11-16)31-23(34-21)14-5-3-4-13(8-14)17-7-6-15(25)9-18(17)22-32-30-12-33(22)2/h3-12,29H,1-2H3. The fourth-order valence-electron chi connectivity index (χ4n) is 3.81. The molecule has 0 aliphatic rings. The highest BCUT2D eigenvalue weighted by Gasteiger charge is 2.35. The normalized spacial score (nSPS) is 11.8. The summed E-state index contributed by atoms with van der Waals surface area (Å²) in [4.78, 5) is 4.31. The molecule has 10 heteroatoms. The summed E-state index contributed by atoms with van der Waals surface area (Å²) in [5.41, 5.74) is 1.46. The fourth-order valence-corrected chi connectivity index (χ4v) is 3.81. The minimum atomic E-state index is -4.61. The van der Waals surface area contributed by atoms with Gasteiger partial charge < -0.3 is 14.3 Å². The van der Waals surface area contributed by atoms with E-state index >= 15 is 0 Å². The molecule has 0 saturated heterocycles. The second-order valence-corrected chi connectivity index (χ2v) is 7.67. The van der Waals surface area contributed by atoms with Gasteiger partial charge in [0.15, 0.2) is 11.4 Å². The average molecular weight is 467 g/mol. The molecule has 2 heterocycles. The number of anilines is 1. The summed E-state index contributed by atoms with van der Waals surface area (Å²) in [5.74, 6) is 0.0750. The number of aryl methyl sites for hydroxylation is 1. The SMILES string of the molecule is CNc1cc(C(F)(F)F)c2oc(-c3cccc(-c4ccc(F)cc4-c4nncn4C)c3)nc2c1. The van der Waals surface area contributed by atoms with Crippen molar-refractivity contribution in [2.75, 3.05) is 12.4 Å². The highest BCUT2D eigenvalue weighted by molar-refractivity contribution is 5.86. The third-order valence-corrected chi connectivity index (χ3v) is 5.44. The first-order valence-corrected chi connectivity index (χ1v) is 10.2. The lowest BCUT2D eigenvalue weighted by atomic mass is 9.97. The molecule has 5 rings (SSSR count). The van der Waals surface area contributed by atoms with Crippen LogP contribution >= 0.6 is 0 Å². The number of halogens is 4. The number of fused-ring (bicyclic) bond motifs is 1. The molecular weight excluding hydrogens is 450 g/mol. The Morgan fingerprint density at radius 3 is 2.47 bits per heavy atom. The van der Waals surface area contributed by atoms with Crippen LogP contribution in [0.2, 0.25) is 0 Å². The van der Waals surface area contributed by atoms with Gasteiger partial charge in [-0.15, -0.1) is 10.2 Å². The Hall–Kier alpha value is -4.21. The third kappa shape index (κ3) is 3.76. The lowest BCUT2D eigenvalue weighted by molar-refractivity contribution is -0.136. The van der Waals surface area contributed by atoms with Gasteiger partial charge in [0.2, 0.25) is 5.89 Å². The number of alkyl halides is 3. The number of aromatic nitrogens is 4. The molecule has 3 aromatic carbocycles. The first kappa shape index (κ1) is 21.6. The summed E-state index contributed by atoms with van der Waals surface area (Å²) in [6.45, 7) is 0. The van der Waals surface area contributed by atoms with Crippen LogP contribution in [-0.4, -0.2) is 26.8 Å². The number of rotatable bonds is 4. The van der Waals surface area contributed by atoms with Crippen molar-refractivity contribution in [2.45, 2.75) is 6.18 Å². The van der Waals surface area contributed by atoms with E-state index in [4.69, 9.17) is 4.42 Å². The van der Waals surface area contributed by atoms with Crippen molar-refractivity contribution in [1.29, 1.82) is 0 Å². The van der Waals surface area contributed by atoms with E-state index < -0.39 is 17.6 Å². The van der Waals surface area contributed by atoms with Gasteiger partial charge in [-0.25, -0.2) is 9.37 Å². The van der Waals surface area contributed by atoms with Crippen LogP contribution in [-0.2, 0) is 13.2 Å². The van der Waals surface area contributed by atoms with Crippen LogP contribution < -0.4 is 5.32 Å². The van der Waals surface area contributed by atoms with Gasteiger partial charge in [-0.3, -0.25) is 0 Å². The predicted octanol–water partition coefficient (Wildman–Crippen LogP) is 6.16. The summed E-state index contributed by atoms with van der Waals surface area (Å²) < 4.78 is 62.2. The maximum atomic E-state index is 14.1. The van der Waals surface area contributed by atoms with Crippen molar-refractivity contribution in [2.24, 2.45) is 7.05 Å². The van der Waals surface area contributed by atoms with Crippen LogP contribution in [0, 0.1) is 5.82 Å². The van der Waals surface area contributed by atoms with Gasteiger partial charge in [-0.05, 0) is 47.5 Å². The fraction of sp³-hybridized carbons (Fsp3) is 0.125. The molecule has 0 spiro atoms. The van der Waals surface area contributed by atoms with E-state index in [1.54, 1.807) is 41.9 Å². The zero-order valence-corrected chi connectivity index (χ0v) is 18.0. The number of nitrogens with zero attached hydrogens (tertiary/aromatic N) is 4. The van der Waals surface area contributed by atoms with E-state index in [1.807, 2.05) is 0 Å². The van der Waals surface area contributed by atoms with Crippen molar-refractivity contribution < 1.29 is 22.0 Å². The highest BCUT2D eigenvalue weighted by Crippen LogP contribution is 2.39. The monoisotopic (exact) mass is 467 g/mol. The topological polar surface area (TPSA) is 68.8 Å². The zero-order chi connectivity index (χ0) is 24.0. The number of hydrogen-bond donors (Lipinski definition) is 1. The number of hydrogen-bond acceptors (Lipinski definition) is 5. The molecule has 1 N–H and O–H groups in total. The van der Waals surface area contributed by atoms with E-state index in [-0.39, 0.29) is 22.7 Å². The van der Waals surface area contributed by atoms with Crippen LogP contribution in [0.5, 0.6) is 0 Å². The van der Waals surface area contributed by atoms with Gasteiger partial charge >= 0.3 is 6.18 Å². The largest absolute Gasteiger partial charge is 0.435 e. The van der Waals surface area contributed by atoms with E-state index in [0.717, 1.165) is 6.07 Å². The van der Waals surface area contributed by atoms with Crippen molar-refractivity contribution in [3.8, 4) is 34.0 Å². The molecule has 2 aromatic heterocycles. The van der Waals surface area contributed by atoms with Crippen LogP contribution in [0.1, 0.15) is 5.56 Å². The maximum Gasteiger partial charge on any atom is 0.420 e. The van der Waals surface area contributed by atoms with E-state index in [0.29, 0.717) is 28.1 Å². The number of oxazole rings is 1. The van der Waals surface area contributed by atoms with Gasteiger partial charge in [0.25, 0.3) is 0 Å². The summed E-state index contributed by atoms with van der Waals surface area (Å²) in [5, 5.41) is 10.7. The Labute approximate surface area is 190 Å². The summed E-state index contributed by atoms with van der Waals surface area (Å²) in [6, 6.07) is 13.7. The minimum Gasteiger partial charge on any atom is -0.435 e. The smallest absolute Gasteiger partial charge is 0.420 e. The Bertz CT molecular complexity index is 1520. The highest BCUT2D eigenvalue weighted by atomic mass is 19.4. The lowest BCUT2D eigenvalue weighted by Gasteiger charge is -2.10. The van der Waals surface area contributed by atoms with Gasteiger partial charge in [-0.2, -0.15) is 13.2 Å². The molecule has 0 fully saturated rings. The Balaban J connectivity index is 1.65. The molecule has 0 bridgehead atoms. The van der Waals surface area contributed by atoms with Gasteiger partial charge in [0.1, 0.15) is 23.2 Å². The van der Waals surface area contributed by atoms with E-state index in [1.165, 1.54) is 31.6 Å². The molecule has 5 aromatic rings. The molecule has 0 radical (unpaired) electrons. The van der Waals surface area contributed by atoms with Crippen molar-refractivity contribution >= 4 is 16.8 Å². The molecule has 0 aliphatic heterocycles. The molecule has 0 unspecified atom stereocenters. The van der Waals surface area contributed by atoms with E-state index in [9.17, 15) is 17.6 Å². The van der Waals surface area contributed by atoms with E-state index in [2.05, 4.69) is 20.5 Å². The first-order valence-electron chi connectivity index (χ1n) is 10.2. The molecule has 172 valence electrons. The summed E-state index contributed by atoms with van der Waals surface area (Å²) in [7, 11) is 3.28. The van der Waals surface area contributed by atoms with Crippen LogP contribution in [0.15, 0.2) is 65.3 Å². The number of benzene rings is 3. The van der Waals surface area contributed by atoms with Crippen molar-refractivity contribution in [3.05, 3.63) is 72.3 Å². The summed E-state index contributed by atoms with van der Waals surface area (Å²) >= 11 is 0. The van der Waals surface area contributed by atoms with Gasteiger partial charge in [0.05, 0.1) is 0 Å². The van der Waals surface area contributed by atoms with Crippen molar-refractivity contribution in [1.82, 2.24) is 19.7 Å². The first-order chi connectivity index (χ1) is 16.2. The molecule has 0 saturated carbocycles. The molecular formula is C24H17F4N5O. The van der Waals surface area contributed by atoms with Gasteiger partial charge in [-0.1, -0.05) is 18.2 Å². The Morgan fingerprint density at radius 1 is 0.971 bits per heavy atom. The van der Waals surface area contributed by atoms with Crippen LogP contribution in [0.3, 0.4) is 0 Å². The van der Waals surface area contributed by atoms with Crippen LogP contribution in [0.4, 0.5) is 23.2 Å². The maximum absolute atomic E-state index is 14.1. The molecule has 0 atom stereocenters. The number of nitrogens with one attached hydrogen (secondary N) is 1. The lowest BCUT2D eigenvalue weighted by Crippen LogP contribution is -2.06. The Kier molecular flexibility index (Phi) is 5.07. The van der Waals surface area contributed by atoms with Gasteiger partial charge in [0, 0.05) is 30.9 Å². The van der Waals surface area contributed by atoms with Crippen LogP contribution in [0.25, 0.3) is 45.1 Å². The quantitative estimate of drug-likeness (QED) is 0.321.